The third-order valence-electron chi connectivity index (χ3n) is 5.99. The summed E-state index contributed by atoms with van der Waals surface area (Å²) in [6, 6.07) is 5.99. The van der Waals surface area contributed by atoms with Gasteiger partial charge in [-0.3, -0.25) is 4.55 Å². The molecule has 1 aromatic carbocycles. The van der Waals surface area contributed by atoms with Crippen molar-refractivity contribution in [2.75, 3.05) is 0 Å². The molecule has 4 aliphatic rings. The quantitative estimate of drug-likeness (QED) is 0.751. The van der Waals surface area contributed by atoms with Gasteiger partial charge in [-0.25, -0.2) is 0 Å². The Hall–Kier alpha value is -0.910. The molecule has 5 rings (SSSR count). The van der Waals surface area contributed by atoms with Gasteiger partial charge in [0, 0.05) is 5.54 Å². The van der Waals surface area contributed by atoms with Gasteiger partial charge >= 0.3 is 0 Å². The van der Waals surface area contributed by atoms with E-state index in [4.69, 9.17) is 10.3 Å². The van der Waals surface area contributed by atoms with Crippen LogP contribution in [0.3, 0.4) is 0 Å². The summed E-state index contributed by atoms with van der Waals surface area (Å²) in [4.78, 5) is -0.0666. The molecule has 5 heteroatoms. The summed E-state index contributed by atoms with van der Waals surface area (Å²) in [5.41, 5.74) is 8.87. The van der Waals surface area contributed by atoms with Crippen LogP contribution in [0.25, 0.3) is 0 Å². The molecule has 24 heavy (non-hydrogen) atoms. The molecule has 4 bridgehead atoms. The first-order valence-electron chi connectivity index (χ1n) is 8.74. The number of benzene rings is 1. The Morgan fingerprint density at radius 1 is 1.00 bits per heavy atom. The lowest BCUT2D eigenvalue weighted by molar-refractivity contribution is -0.104. The third kappa shape index (κ3) is 3.68. The zero-order valence-electron chi connectivity index (χ0n) is 14.9. The van der Waals surface area contributed by atoms with E-state index in [2.05, 4.69) is 13.8 Å². The molecule has 4 nitrogen and oxygen atoms in total. The van der Waals surface area contributed by atoms with Gasteiger partial charge in [0.2, 0.25) is 0 Å². The van der Waals surface area contributed by atoms with Gasteiger partial charge in [-0.05, 0) is 74.3 Å². The van der Waals surface area contributed by atoms with Crippen molar-refractivity contribution < 1.29 is 13.0 Å². The first-order chi connectivity index (χ1) is 10.9. The van der Waals surface area contributed by atoms with Crippen LogP contribution in [0.2, 0.25) is 0 Å². The summed E-state index contributed by atoms with van der Waals surface area (Å²) >= 11 is 0. The van der Waals surface area contributed by atoms with Crippen LogP contribution in [0, 0.1) is 23.7 Å². The zero-order chi connectivity index (χ0) is 17.8. The van der Waals surface area contributed by atoms with E-state index in [1.807, 2.05) is 6.92 Å². The van der Waals surface area contributed by atoms with E-state index in [1.54, 1.807) is 12.1 Å². The molecule has 4 saturated carbocycles. The first-order valence-corrected chi connectivity index (χ1v) is 10.2. The molecule has 0 heterocycles. The summed E-state index contributed by atoms with van der Waals surface area (Å²) in [6.07, 6.45) is 8.27. The first kappa shape index (κ1) is 17.9. The zero-order valence-corrected chi connectivity index (χ0v) is 15.7. The summed E-state index contributed by atoms with van der Waals surface area (Å²) in [5, 5.41) is 0. The number of hydrogen-bond acceptors (Lipinski definition) is 3. The summed E-state index contributed by atoms with van der Waals surface area (Å²) in [5.74, 6) is 0.955. The van der Waals surface area contributed by atoms with E-state index >= 15 is 0 Å². The van der Waals surface area contributed by atoms with Crippen LogP contribution in [0.1, 0.15) is 57.9 Å². The van der Waals surface area contributed by atoms with Crippen LogP contribution in [-0.4, -0.2) is 18.5 Å². The average molecular weight is 352 g/mol. The van der Waals surface area contributed by atoms with E-state index < -0.39 is 10.1 Å². The van der Waals surface area contributed by atoms with Gasteiger partial charge in [0.15, 0.2) is 0 Å². The van der Waals surface area contributed by atoms with Crippen molar-refractivity contribution in [2.45, 2.75) is 69.7 Å². The molecule has 0 aromatic heterocycles. The maximum atomic E-state index is 10.5. The topological polar surface area (TPSA) is 80.4 Å². The van der Waals surface area contributed by atoms with Gasteiger partial charge in [-0.1, -0.05) is 31.5 Å². The summed E-state index contributed by atoms with van der Waals surface area (Å²) < 4.78 is 29.6. The van der Waals surface area contributed by atoms with Gasteiger partial charge in [-0.2, -0.15) is 8.42 Å². The molecule has 0 aliphatic heterocycles. The minimum atomic E-state index is -4.02. The minimum Gasteiger partial charge on any atom is -0.325 e. The second-order valence-corrected chi connectivity index (χ2v) is 10.7. The smallest absolute Gasteiger partial charge is 0.294 e. The summed E-state index contributed by atoms with van der Waals surface area (Å²) in [6.45, 7) is 6.78. The molecule has 3 N–H and O–H groups in total. The third-order valence-corrected chi connectivity index (χ3v) is 6.86. The monoisotopic (exact) mass is 351 g/mol. The molecule has 2 atom stereocenters. The molecular weight excluding hydrogens is 322 g/mol. The largest absolute Gasteiger partial charge is 0.325 e. The molecule has 0 saturated heterocycles. The maximum absolute atomic E-state index is 10.5. The Morgan fingerprint density at radius 3 is 1.88 bits per heavy atom. The van der Waals surface area contributed by atoms with Crippen molar-refractivity contribution in [1.82, 2.24) is 0 Å². The van der Waals surface area contributed by atoms with Crippen LogP contribution in [0.5, 0.6) is 0 Å². The standard InChI is InChI=1S/C12H21N.C7H8O3S/c1-10-3-9-4-11(2,6-10)8-12(13,5-9)7-10;1-6-2-4-7(5-3-6)11(8,9)10/h9H,3-8,13H2,1-2H3;2-5H,1H3,(H,8,9,10). The molecule has 1 aromatic rings. The van der Waals surface area contributed by atoms with Gasteiger partial charge in [0.05, 0.1) is 4.90 Å². The molecule has 4 aliphatic carbocycles. The van der Waals surface area contributed by atoms with Gasteiger partial charge < -0.3 is 5.73 Å². The fourth-order valence-corrected chi connectivity index (χ4v) is 6.73. The fourth-order valence-electron chi connectivity index (χ4n) is 6.25. The van der Waals surface area contributed by atoms with Crippen LogP contribution < -0.4 is 5.73 Å². The van der Waals surface area contributed by atoms with Crippen LogP contribution in [0.4, 0.5) is 0 Å². The Labute approximate surface area is 145 Å². The Bertz CT molecular complexity index is 675. The number of rotatable bonds is 1. The molecular formula is C19H29NO3S. The van der Waals surface area contributed by atoms with Crippen molar-refractivity contribution >= 4 is 10.1 Å². The number of nitrogens with two attached hydrogens (primary N) is 1. The van der Waals surface area contributed by atoms with E-state index in [0.29, 0.717) is 10.8 Å². The predicted octanol–water partition coefficient (Wildman–Crippen LogP) is 3.94. The summed E-state index contributed by atoms with van der Waals surface area (Å²) in [7, 11) is -4.02. The van der Waals surface area contributed by atoms with Crippen molar-refractivity contribution in [2.24, 2.45) is 22.5 Å². The van der Waals surface area contributed by atoms with Crippen molar-refractivity contribution in [3.8, 4) is 0 Å². The maximum Gasteiger partial charge on any atom is 0.294 e. The van der Waals surface area contributed by atoms with Crippen molar-refractivity contribution in [3.05, 3.63) is 29.8 Å². The van der Waals surface area contributed by atoms with E-state index in [9.17, 15) is 8.42 Å². The molecule has 0 spiro atoms. The second-order valence-electron chi connectivity index (χ2n) is 9.28. The fraction of sp³-hybridized carbons (Fsp3) is 0.684. The van der Waals surface area contributed by atoms with Crippen molar-refractivity contribution in [3.63, 3.8) is 0 Å². The number of aryl methyl sites for hydroxylation is 1. The van der Waals surface area contributed by atoms with Gasteiger partial charge in [0.1, 0.15) is 0 Å². The minimum absolute atomic E-state index is 0.0666. The normalized spacial score (nSPS) is 40.1. The molecule has 2 unspecified atom stereocenters. The lowest BCUT2D eigenvalue weighted by atomic mass is 9.43. The second kappa shape index (κ2) is 5.55. The molecule has 4 fully saturated rings. The predicted molar refractivity (Wildman–Crippen MR) is 95.3 cm³/mol. The van der Waals surface area contributed by atoms with Crippen LogP contribution >= 0.6 is 0 Å². The SMILES string of the molecule is CC12CC3CC(C)(C1)CC(N)(C3)C2.Cc1ccc(S(=O)(=O)O)cc1. The Morgan fingerprint density at radius 2 is 1.50 bits per heavy atom. The van der Waals surface area contributed by atoms with Gasteiger partial charge in [0.25, 0.3) is 10.1 Å². The number of hydrogen-bond donors (Lipinski definition) is 2. The van der Waals surface area contributed by atoms with E-state index in [0.717, 1.165) is 11.5 Å². The van der Waals surface area contributed by atoms with Crippen molar-refractivity contribution in [1.29, 1.82) is 0 Å². The lowest BCUT2D eigenvalue weighted by Gasteiger charge is -2.64. The van der Waals surface area contributed by atoms with Gasteiger partial charge in [-0.15, -0.1) is 0 Å². The highest BCUT2D eigenvalue weighted by Gasteiger charge is 2.58. The van der Waals surface area contributed by atoms with E-state index in [-0.39, 0.29) is 10.4 Å². The van der Waals surface area contributed by atoms with Crippen LogP contribution in [0.15, 0.2) is 29.2 Å². The molecule has 0 radical (unpaired) electrons. The highest BCUT2D eigenvalue weighted by atomic mass is 32.2. The Kier molecular flexibility index (Phi) is 4.14. The average Bonchev–Trinajstić information content (AvgIpc) is 2.32. The highest BCUT2D eigenvalue weighted by Crippen LogP contribution is 2.65. The highest BCUT2D eigenvalue weighted by molar-refractivity contribution is 7.85. The van der Waals surface area contributed by atoms with Crippen LogP contribution in [-0.2, 0) is 10.1 Å². The molecule has 134 valence electrons. The molecule has 0 amide bonds. The lowest BCUT2D eigenvalue weighted by Crippen LogP contribution is -2.62. The van der Waals surface area contributed by atoms with E-state index in [1.165, 1.54) is 50.7 Å². The Balaban J connectivity index is 0.000000144.